The first-order chi connectivity index (χ1) is 14.0. The highest BCUT2D eigenvalue weighted by molar-refractivity contribution is 7.80. The summed E-state index contributed by atoms with van der Waals surface area (Å²) in [6.07, 6.45) is 0. The molecule has 3 rings (SSSR count). The van der Waals surface area contributed by atoms with Gasteiger partial charge in [-0.3, -0.25) is 4.90 Å². The van der Waals surface area contributed by atoms with Gasteiger partial charge in [0, 0.05) is 54.0 Å². The van der Waals surface area contributed by atoms with Gasteiger partial charge in [-0.1, -0.05) is 29.3 Å². The third kappa shape index (κ3) is 5.82. The summed E-state index contributed by atoms with van der Waals surface area (Å²) in [6.45, 7) is 6.23. The minimum atomic E-state index is -0.323. The third-order valence-electron chi connectivity index (χ3n) is 4.75. The van der Waals surface area contributed by atoms with E-state index < -0.39 is 0 Å². The first-order valence-electron chi connectivity index (χ1n) is 9.46. The van der Waals surface area contributed by atoms with Crippen molar-refractivity contribution in [1.82, 2.24) is 9.80 Å². The highest BCUT2D eigenvalue weighted by Crippen LogP contribution is 2.26. The molecule has 1 aliphatic rings. The van der Waals surface area contributed by atoms with Crippen LogP contribution in [0.5, 0.6) is 0 Å². The van der Waals surface area contributed by atoms with Crippen LogP contribution >= 0.6 is 35.4 Å². The monoisotopic (exact) mass is 451 g/mol. The molecule has 2 aromatic carbocycles. The van der Waals surface area contributed by atoms with Crippen LogP contribution in [0.3, 0.4) is 0 Å². The van der Waals surface area contributed by atoms with Gasteiger partial charge in [0.15, 0.2) is 5.11 Å². The quantitative estimate of drug-likeness (QED) is 0.525. The Balaban J connectivity index is 1.50. The van der Waals surface area contributed by atoms with Crippen molar-refractivity contribution < 1.29 is 9.53 Å². The Kier molecular flexibility index (Phi) is 7.72. The number of rotatable bonds is 5. The van der Waals surface area contributed by atoms with Crippen LogP contribution in [0.15, 0.2) is 42.5 Å². The molecule has 2 aromatic rings. The molecule has 0 amide bonds. The van der Waals surface area contributed by atoms with E-state index in [1.54, 1.807) is 19.1 Å². The Bertz CT molecular complexity index is 848. The summed E-state index contributed by atoms with van der Waals surface area (Å²) in [5, 5.41) is 5.30. The summed E-state index contributed by atoms with van der Waals surface area (Å²) in [5.41, 5.74) is 2.33. The molecule has 0 atom stereocenters. The first-order valence-corrected chi connectivity index (χ1v) is 10.6. The fourth-order valence-corrected chi connectivity index (χ4v) is 3.94. The molecule has 29 heavy (non-hydrogen) atoms. The van der Waals surface area contributed by atoms with Crippen LogP contribution in [0.2, 0.25) is 10.0 Å². The normalized spacial score (nSPS) is 14.5. The highest BCUT2D eigenvalue weighted by atomic mass is 35.5. The van der Waals surface area contributed by atoms with E-state index in [2.05, 4.69) is 15.1 Å². The van der Waals surface area contributed by atoms with Gasteiger partial charge in [0.1, 0.15) is 0 Å². The number of ether oxygens (including phenoxy) is 1. The second kappa shape index (κ2) is 10.3. The number of anilines is 1. The van der Waals surface area contributed by atoms with E-state index >= 15 is 0 Å². The molecular formula is C21H23Cl2N3O2S. The Morgan fingerprint density at radius 1 is 1.07 bits per heavy atom. The Labute approximate surface area is 186 Å². The van der Waals surface area contributed by atoms with Crippen LogP contribution in [0.1, 0.15) is 22.8 Å². The van der Waals surface area contributed by atoms with Crippen molar-refractivity contribution >= 4 is 52.2 Å². The molecule has 5 nitrogen and oxygen atoms in total. The number of nitrogens with one attached hydrogen (secondary N) is 1. The van der Waals surface area contributed by atoms with E-state index in [4.69, 9.17) is 40.2 Å². The van der Waals surface area contributed by atoms with Crippen molar-refractivity contribution in [2.75, 3.05) is 38.1 Å². The van der Waals surface area contributed by atoms with Crippen LogP contribution in [-0.4, -0.2) is 53.7 Å². The molecule has 1 saturated heterocycles. The zero-order chi connectivity index (χ0) is 20.8. The molecule has 1 N–H and O–H groups in total. The Hall–Kier alpha value is -1.86. The minimum Gasteiger partial charge on any atom is -0.462 e. The lowest BCUT2D eigenvalue weighted by Crippen LogP contribution is -2.49. The van der Waals surface area contributed by atoms with Gasteiger partial charge >= 0.3 is 5.97 Å². The topological polar surface area (TPSA) is 44.8 Å². The van der Waals surface area contributed by atoms with Crippen molar-refractivity contribution in [2.24, 2.45) is 0 Å². The molecule has 1 heterocycles. The Morgan fingerprint density at radius 3 is 2.28 bits per heavy atom. The number of piperazine rings is 1. The Morgan fingerprint density at radius 2 is 1.69 bits per heavy atom. The number of nitrogens with zero attached hydrogens (tertiary/aromatic N) is 2. The zero-order valence-corrected chi connectivity index (χ0v) is 18.5. The molecule has 0 saturated carbocycles. The largest absolute Gasteiger partial charge is 0.462 e. The number of hydrogen-bond donors (Lipinski definition) is 1. The maximum absolute atomic E-state index is 11.7. The van der Waals surface area contributed by atoms with Crippen LogP contribution in [0.25, 0.3) is 0 Å². The fraction of sp³-hybridized carbons (Fsp3) is 0.333. The average molecular weight is 452 g/mol. The SMILES string of the molecule is CCOC(=O)c1ccc(NC(=S)N2CCN(Cc3c(Cl)cccc3Cl)CC2)cc1. The number of benzene rings is 2. The lowest BCUT2D eigenvalue weighted by atomic mass is 10.2. The molecule has 0 aliphatic carbocycles. The molecule has 0 spiro atoms. The van der Waals surface area contributed by atoms with Gasteiger partial charge in [-0.15, -0.1) is 0 Å². The van der Waals surface area contributed by atoms with Gasteiger partial charge in [0.05, 0.1) is 12.2 Å². The van der Waals surface area contributed by atoms with E-state index in [1.165, 1.54) is 0 Å². The van der Waals surface area contributed by atoms with Crippen LogP contribution < -0.4 is 5.32 Å². The molecule has 8 heteroatoms. The van der Waals surface area contributed by atoms with E-state index in [0.29, 0.717) is 27.3 Å². The van der Waals surface area contributed by atoms with Crippen molar-refractivity contribution in [2.45, 2.75) is 13.5 Å². The van der Waals surface area contributed by atoms with Gasteiger partial charge in [0.25, 0.3) is 0 Å². The molecule has 0 radical (unpaired) electrons. The van der Waals surface area contributed by atoms with E-state index in [-0.39, 0.29) is 5.97 Å². The zero-order valence-electron chi connectivity index (χ0n) is 16.2. The van der Waals surface area contributed by atoms with Crippen LogP contribution in [-0.2, 0) is 11.3 Å². The number of carbonyl (C=O) groups excluding carboxylic acids is 1. The van der Waals surface area contributed by atoms with Crippen molar-refractivity contribution in [3.8, 4) is 0 Å². The van der Waals surface area contributed by atoms with Gasteiger partial charge in [-0.05, 0) is 55.5 Å². The standard InChI is InChI=1S/C21H23Cl2N3O2S/c1-2-28-20(27)15-6-8-16(9-7-15)24-21(29)26-12-10-25(11-13-26)14-17-18(22)4-3-5-19(17)23/h3-9H,2,10-14H2,1H3,(H,24,29). The van der Waals surface area contributed by atoms with E-state index in [9.17, 15) is 4.79 Å². The molecular weight excluding hydrogens is 429 g/mol. The van der Waals surface area contributed by atoms with Crippen molar-refractivity contribution in [1.29, 1.82) is 0 Å². The first kappa shape index (κ1) is 21.8. The third-order valence-corrected chi connectivity index (χ3v) is 5.82. The number of thiocarbonyl (C=S) groups is 1. The lowest BCUT2D eigenvalue weighted by molar-refractivity contribution is 0.0526. The number of esters is 1. The molecule has 1 aliphatic heterocycles. The van der Waals surface area contributed by atoms with E-state index in [1.807, 2.05) is 30.3 Å². The summed E-state index contributed by atoms with van der Waals surface area (Å²) >= 11 is 18.1. The minimum absolute atomic E-state index is 0.323. The van der Waals surface area contributed by atoms with Crippen LogP contribution in [0.4, 0.5) is 5.69 Å². The fourth-order valence-electron chi connectivity index (χ4n) is 3.12. The van der Waals surface area contributed by atoms with Gasteiger partial charge in [-0.2, -0.15) is 0 Å². The van der Waals surface area contributed by atoms with Crippen LogP contribution in [0, 0.1) is 0 Å². The molecule has 0 aromatic heterocycles. The van der Waals surface area contributed by atoms with Crippen molar-refractivity contribution in [3.05, 3.63) is 63.6 Å². The second-order valence-corrected chi connectivity index (χ2v) is 7.89. The molecule has 0 bridgehead atoms. The summed E-state index contributed by atoms with van der Waals surface area (Å²) in [5.74, 6) is -0.323. The maximum atomic E-state index is 11.7. The van der Waals surface area contributed by atoms with Crippen molar-refractivity contribution in [3.63, 3.8) is 0 Å². The predicted octanol–water partition coefficient (Wildman–Crippen LogP) is 4.68. The van der Waals surface area contributed by atoms with Gasteiger partial charge < -0.3 is 15.0 Å². The highest BCUT2D eigenvalue weighted by Gasteiger charge is 2.20. The maximum Gasteiger partial charge on any atom is 0.338 e. The summed E-state index contributed by atoms with van der Waals surface area (Å²) in [4.78, 5) is 16.2. The summed E-state index contributed by atoms with van der Waals surface area (Å²) in [6, 6.07) is 12.7. The average Bonchev–Trinajstić information content (AvgIpc) is 2.72. The summed E-state index contributed by atoms with van der Waals surface area (Å²) < 4.78 is 5.00. The number of carbonyl (C=O) groups is 1. The molecule has 0 unspecified atom stereocenters. The van der Waals surface area contributed by atoms with Gasteiger partial charge in [-0.25, -0.2) is 4.79 Å². The smallest absolute Gasteiger partial charge is 0.338 e. The van der Waals surface area contributed by atoms with E-state index in [0.717, 1.165) is 44.0 Å². The van der Waals surface area contributed by atoms with Gasteiger partial charge in [0.2, 0.25) is 0 Å². The summed E-state index contributed by atoms with van der Waals surface area (Å²) in [7, 11) is 0. The predicted molar refractivity (Wildman–Crippen MR) is 122 cm³/mol. The second-order valence-electron chi connectivity index (χ2n) is 6.69. The molecule has 1 fully saturated rings. The lowest BCUT2D eigenvalue weighted by Gasteiger charge is -2.36. The number of halogens is 2. The number of hydrogen-bond acceptors (Lipinski definition) is 4. The molecule has 154 valence electrons.